The number of rotatable bonds is 6. The van der Waals surface area contributed by atoms with Gasteiger partial charge in [0.05, 0.1) is 6.10 Å². The van der Waals surface area contributed by atoms with Gasteiger partial charge in [0.2, 0.25) is 0 Å². The van der Waals surface area contributed by atoms with Crippen LogP contribution in [0.1, 0.15) is 20.8 Å². The Morgan fingerprint density at radius 1 is 1.17 bits per heavy atom. The summed E-state index contributed by atoms with van der Waals surface area (Å²) < 4.78 is 64.7. The summed E-state index contributed by atoms with van der Waals surface area (Å²) in [5.74, 6) is -5.80. The number of halogens is 5. The molecular formula is C9H14F5NO3. The molecule has 0 aliphatic rings. The highest BCUT2D eigenvalue weighted by Gasteiger charge is 2.57. The molecule has 0 fully saturated rings. The van der Waals surface area contributed by atoms with Gasteiger partial charge >= 0.3 is 18.1 Å². The van der Waals surface area contributed by atoms with Crippen LogP contribution < -0.4 is 5.48 Å². The Labute approximate surface area is 100 Å². The van der Waals surface area contributed by atoms with E-state index in [9.17, 15) is 26.7 Å². The maximum absolute atomic E-state index is 12.4. The van der Waals surface area contributed by atoms with Crippen LogP contribution in [-0.2, 0) is 14.4 Å². The Morgan fingerprint density at radius 2 is 1.67 bits per heavy atom. The molecule has 108 valence electrons. The Morgan fingerprint density at radius 3 is 2.06 bits per heavy atom. The predicted octanol–water partition coefficient (Wildman–Crippen LogP) is 2.05. The molecule has 1 N–H and O–H groups in total. The third-order valence-electron chi connectivity index (χ3n) is 1.63. The molecule has 0 spiro atoms. The minimum absolute atomic E-state index is 0.432. The molecule has 0 rings (SSSR count). The van der Waals surface area contributed by atoms with Crippen LogP contribution in [0.4, 0.5) is 22.0 Å². The molecule has 4 nitrogen and oxygen atoms in total. The summed E-state index contributed by atoms with van der Waals surface area (Å²) >= 11 is 0. The Kier molecular flexibility index (Phi) is 5.94. The fourth-order valence-corrected chi connectivity index (χ4v) is 0.722. The molecule has 0 aromatic heterocycles. The number of carbonyl (C=O) groups excluding carboxylic acids is 1. The summed E-state index contributed by atoms with van der Waals surface area (Å²) in [6.07, 6.45) is -6.13. The summed E-state index contributed by atoms with van der Waals surface area (Å²) in [6.45, 7) is 2.40. The SMILES string of the molecule is CC(C)OC(=O)[C@H](C)NOCC(F)(F)C(F)(F)F. The van der Waals surface area contributed by atoms with E-state index < -0.39 is 36.8 Å². The van der Waals surface area contributed by atoms with Crippen molar-refractivity contribution in [1.82, 2.24) is 5.48 Å². The number of ether oxygens (including phenoxy) is 1. The zero-order valence-electron chi connectivity index (χ0n) is 9.98. The van der Waals surface area contributed by atoms with Crippen molar-refractivity contribution in [3.8, 4) is 0 Å². The van der Waals surface area contributed by atoms with Crippen molar-refractivity contribution >= 4 is 5.97 Å². The smallest absolute Gasteiger partial charge is 0.455 e. The molecule has 1 atom stereocenters. The lowest BCUT2D eigenvalue weighted by Crippen LogP contribution is -2.45. The van der Waals surface area contributed by atoms with Gasteiger partial charge in [-0.3, -0.25) is 9.63 Å². The van der Waals surface area contributed by atoms with Gasteiger partial charge < -0.3 is 4.74 Å². The summed E-state index contributed by atoms with van der Waals surface area (Å²) in [5.41, 5.74) is 1.76. The van der Waals surface area contributed by atoms with Gasteiger partial charge in [-0.1, -0.05) is 0 Å². The quantitative estimate of drug-likeness (QED) is 0.459. The van der Waals surface area contributed by atoms with Crippen molar-refractivity contribution in [2.24, 2.45) is 0 Å². The first kappa shape index (κ1) is 17.0. The normalized spacial score (nSPS) is 14.7. The van der Waals surface area contributed by atoms with Crippen molar-refractivity contribution in [3.05, 3.63) is 0 Å². The van der Waals surface area contributed by atoms with E-state index in [4.69, 9.17) is 0 Å². The maximum atomic E-state index is 12.4. The van der Waals surface area contributed by atoms with E-state index in [-0.39, 0.29) is 0 Å². The molecule has 0 amide bonds. The molecular weight excluding hydrogens is 265 g/mol. The molecule has 0 saturated carbocycles. The first-order valence-corrected chi connectivity index (χ1v) is 4.99. The number of nitrogens with one attached hydrogen (secondary N) is 1. The van der Waals surface area contributed by atoms with Crippen LogP contribution in [0, 0.1) is 0 Å². The van der Waals surface area contributed by atoms with Crippen LogP contribution in [0.2, 0.25) is 0 Å². The van der Waals surface area contributed by atoms with Crippen molar-refractivity contribution in [1.29, 1.82) is 0 Å². The molecule has 0 heterocycles. The summed E-state index contributed by atoms with van der Waals surface area (Å²) in [6, 6.07) is -1.16. The van der Waals surface area contributed by atoms with Crippen LogP contribution in [0.25, 0.3) is 0 Å². The van der Waals surface area contributed by atoms with Crippen LogP contribution in [-0.4, -0.2) is 36.8 Å². The molecule has 0 unspecified atom stereocenters. The first-order chi connectivity index (χ1) is 7.97. The van der Waals surface area contributed by atoms with Gasteiger partial charge in [-0.05, 0) is 20.8 Å². The number of esters is 1. The van der Waals surface area contributed by atoms with E-state index in [2.05, 4.69) is 9.57 Å². The lowest BCUT2D eigenvalue weighted by molar-refractivity contribution is -0.302. The summed E-state index contributed by atoms with van der Waals surface area (Å²) in [5, 5.41) is 0. The maximum Gasteiger partial charge on any atom is 0.455 e. The zero-order valence-corrected chi connectivity index (χ0v) is 9.98. The average Bonchev–Trinajstić information content (AvgIpc) is 2.14. The highest BCUT2D eigenvalue weighted by atomic mass is 19.4. The molecule has 0 aliphatic carbocycles. The third kappa shape index (κ3) is 5.58. The van der Waals surface area contributed by atoms with Crippen molar-refractivity contribution in [2.45, 2.75) is 45.0 Å². The number of hydroxylamine groups is 1. The topological polar surface area (TPSA) is 47.6 Å². The van der Waals surface area contributed by atoms with Crippen molar-refractivity contribution < 1.29 is 36.3 Å². The molecule has 0 aliphatic heterocycles. The van der Waals surface area contributed by atoms with Crippen LogP contribution in [0.15, 0.2) is 0 Å². The Bertz CT molecular complexity index is 280. The van der Waals surface area contributed by atoms with Gasteiger partial charge in [-0.25, -0.2) is 0 Å². The van der Waals surface area contributed by atoms with Gasteiger partial charge in [-0.2, -0.15) is 27.4 Å². The molecule has 18 heavy (non-hydrogen) atoms. The lowest BCUT2D eigenvalue weighted by Gasteiger charge is -2.20. The molecule has 0 aromatic carbocycles. The number of carbonyl (C=O) groups is 1. The van der Waals surface area contributed by atoms with Gasteiger partial charge in [0.1, 0.15) is 12.6 Å². The molecule has 0 saturated heterocycles. The second kappa shape index (κ2) is 6.28. The molecule has 9 heteroatoms. The second-order valence-electron chi connectivity index (χ2n) is 3.82. The number of hydrogen-bond donors (Lipinski definition) is 1. The van der Waals surface area contributed by atoms with Gasteiger partial charge in [0.15, 0.2) is 0 Å². The molecule has 0 aromatic rings. The lowest BCUT2D eigenvalue weighted by atomic mass is 10.3. The number of hydrogen-bond acceptors (Lipinski definition) is 4. The minimum atomic E-state index is -5.70. The van der Waals surface area contributed by atoms with Crippen molar-refractivity contribution in [2.75, 3.05) is 6.61 Å². The van der Waals surface area contributed by atoms with Gasteiger partial charge in [0.25, 0.3) is 0 Å². The predicted molar refractivity (Wildman–Crippen MR) is 50.8 cm³/mol. The van der Waals surface area contributed by atoms with Crippen molar-refractivity contribution in [3.63, 3.8) is 0 Å². The van der Waals surface area contributed by atoms with E-state index in [0.29, 0.717) is 0 Å². The minimum Gasteiger partial charge on any atom is -0.462 e. The number of alkyl halides is 5. The summed E-state index contributed by atoms with van der Waals surface area (Å²) in [4.78, 5) is 15.1. The standard InChI is InChI=1S/C9H14F5NO3/c1-5(2)18-7(16)6(3)15-17-4-8(10,11)9(12,13)14/h5-6,15H,4H2,1-3H3/t6-/m0/s1. The van der Waals surface area contributed by atoms with Crippen LogP contribution in [0.3, 0.4) is 0 Å². The zero-order chi connectivity index (χ0) is 14.6. The fourth-order valence-electron chi connectivity index (χ4n) is 0.722. The van der Waals surface area contributed by atoms with Gasteiger partial charge in [-0.15, -0.1) is 0 Å². The largest absolute Gasteiger partial charge is 0.462 e. The summed E-state index contributed by atoms with van der Waals surface area (Å²) in [7, 11) is 0. The fraction of sp³-hybridized carbons (Fsp3) is 0.889. The monoisotopic (exact) mass is 279 g/mol. The third-order valence-corrected chi connectivity index (χ3v) is 1.63. The van der Waals surface area contributed by atoms with Crippen LogP contribution >= 0.6 is 0 Å². The van der Waals surface area contributed by atoms with Crippen LogP contribution in [0.5, 0.6) is 0 Å². The molecule has 0 radical (unpaired) electrons. The highest BCUT2D eigenvalue weighted by molar-refractivity contribution is 5.75. The van der Waals surface area contributed by atoms with E-state index in [0.717, 1.165) is 0 Å². The van der Waals surface area contributed by atoms with E-state index in [1.165, 1.54) is 6.92 Å². The first-order valence-electron chi connectivity index (χ1n) is 4.99. The van der Waals surface area contributed by atoms with Gasteiger partial charge in [0, 0.05) is 0 Å². The Hall–Kier alpha value is -0.960. The van der Waals surface area contributed by atoms with E-state index in [1.54, 1.807) is 19.3 Å². The van der Waals surface area contributed by atoms with E-state index >= 15 is 0 Å². The average molecular weight is 279 g/mol. The second-order valence-corrected chi connectivity index (χ2v) is 3.82. The Balaban J connectivity index is 4.09. The van der Waals surface area contributed by atoms with E-state index in [1.807, 2.05) is 0 Å². The highest BCUT2D eigenvalue weighted by Crippen LogP contribution is 2.35. The molecule has 0 bridgehead atoms.